The van der Waals surface area contributed by atoms with E-state index in [-0.39, 0.29) is 5.92 Å². The first-order valence-corrected chi connectivity index (χ1v) is 6.71. The third-order valence-corrected chi connectivity index (χ3v) is 3.11. The van der Waals surface area contributed by atoms with E-state index in [0.29, 0.717) is 6.54 Å². The topological polar surface area (TPSA) is 78.4 Å². The second-order valence-corrected chi connectivity index (χ2v) is 5.43. The van der Waals surface area contributed by atoms with Crippen molar-refractivity contribution in [3.8, 4) is 0 Å². The van der Waals surface area contributed by atoms with E-state index in [1.54, 1.807) is 13.8 Å². The van der Waals surface area contributed by atoms with Gasteiger partial charge in [0.05, 0.1) is 0 Å². The lowest BCUT2D eigenvalue weighted by Crippen LogP contribution is -2.48. The molecule has 5 nitrogen and oxygen atoms in total. The molecule has 1 atom stereocenters. The number of urea groups is 1. The Hall–Kier alpha value is -1.56. The Balaban J connectivity index is 2.47. The van der Waals surface area contributed by atoms with Crippen molar-refractivity contribution in [3.05, 3.63) is 34.3 Å². The maximum absolute atomic E-state index is 11.6. The summed E-state index contributed by atoms with van der Waals surface area (Å²) >= 11 is 3.33. The van der Waals surface area contributed by atoms with Gasteiger partial charge in [0, 0.05) is 11.0 Å². The predicted octanol–water partition coefficient (Wildman–Crippen LogP) is 2.36. The van der Waals surface area contributed by atoms with Crippen molar-refractivity contribution in [3.63, 3.8) is 0 Å². The highest BCUT2D eigenvalue weighted by molar-refractivity contribution is 9.10. The molecule has 1 rings (SSSR count). The Bertz CT molecular complexity index is 446. The minimum Gasteiger partial charge on any atom is -0.480 e. The molecule has 3 N–H and O–H groups in total. The number of carboxylic acid groups (broad SMARTS) is 1. The van der Waals surface area contributed by atoms with E-state index < -0.39 is 18.0 Å². The zero-order chi connectivity index (χ0) is 14.4. The summed E-state index contributed by atoms with van der Waals surface area (Å²) in [7, 11) is 0. The first kappa shape index (κ1) is 15.5. The number of amides is 2. The molecule has 6 heteroatoms. The zero-order valence-electron chi connectivity index (χ0n) is 10.8. The van der Waals surface area contributed by atoms with Crippen molar-refractivity contribution in [2.75, 3.05) is 0 Å². The van der Waals surface area contributed by atoms with E-state index in [9.17, 15) is 9.59 Å². The van der Waals surface area contributed by atoms with Crippen molar-refractivity contribution >= 4 is 27.9 Å². The third kappa shape index (κ3) is 5.30. The van der Waals surface area contributed by atoms with E-state index in [4.69, 9.17) is 5.11 Å². The predicted molar refractivity (Wildman–Crippen MR) is 75.8 cm³/mol. The average molecular weight is 329 g/mol. The van der Waals surface area contributed by atoms with Gasteiger partial charge in [-0.05, 0) is 23.6 Å². The van der Waals surface area contributed by atoms with Crippen molar-refractivity contribution in [2.24, 2.45) is 5.92 Å². The molecule has 19 heavy (non-hydrogen) atoms. The molecule has 0 aliphatic carbocycles. The van der Waals surface area contributed by atoms with E-state index >= 15 is 0 Å². The molecule has 0 bridgehead atoms. The van der Waals surface area contributed by atoms with Crippen LogP contribution in [-0.2, 0) is 11.3 Å². The third-order valence-electron chi connectivity index (χ3n) is 2.59. The van der Waals surface area contributed by atoms with Gasteiger partial charge in [-0.3, -0.25) is 0 Å². The molecule has 0 aliphatic rings. The average Bonchev–Trinajstić information content (AvgIpc) is 2.34. The normalized spacial score (nSPS) is 12.0. The number of hydrogen-bond donors (Lipinski definition) is 3. The molecule has 0 fully saturated rings. The fraction of sp³-hybridized carbons (Fsp3) is 0.385. The minimum atomic E-state index is -1.03. The van der Waals surface area contributed by atoms with Gasteiger partial charge in [0.15, 0.2) is 0 Å². The Labute approximate surface area is 120 Å². The quantitative estimate of drug-likeness (QED) is 0.776. The van der Waals surface area contributed by atoms with Gasteiger partial charge in [-0.1, -0.05) is 41.9 Å². The molecule has 0 saturated carbocycles. The summed E-state index contributed by atoms with van der Waals surface area (Å²) in [6, 6.07) is 6.14. The Morgan fingerprint density at radius 2 is 1.84 bits per heavy atom. The van der Waals surface area contributed by atoms with Crippen LogP contribution in [0.1, 0.15) is 19.4 Å². The minimum absolute atomic E-state index is 0.170. The van der Waals surface area contributed by atoms with Crippen LogP contribution < -0.4 is 10.6 Å². The summed E-state index contributed by atoms with van der Waals surface area (Å²) in [5, 5.41) is 14.0. The summed E-state index contributed by atoms with van der Waals surface area (Å²) in [4.78, 5) is 22.5. The Kier molecular flexibility index (Phi) is 5.82. The van der Waals surface area contributed by atoms with Gasteiger partial charge in [-0.25, -0.2) is 9.59 Å². The van der Waals surface area contributed by atoms with Gasteiger partial charge in [-0.15, -0.1) is 0 Å². The van der Waals surface area contributed by atoms with Crippen LogP contribution >= 0.6 is 15.9 Å². The fourth-order valence-electron chi connectivity index (χ4n) is 1.49. The largest absolute Gasteiger partial charge is 0.480 e. The monoisotopic (exact) mass is 328 g/mol. The molecular formula is C13H17BrN2O3. The molecule has 0 spiro atoms. The lowest BCUT2D eigenvalue weighted by Gasteiger charge is -2.18. The summed E-state index contributed by atoms with van der Waals surface area (Å²) in [5.41, 5.74) is 0.940. The first-order chi connectivity index (χ1) is 8.90. The Morgan fingerprint density at radius 1 is 1.26 bits per heavy atom. The van der Waals surface area contributed by atoms with Crippen LogP contribution in [-0.4, -0.2) is 23.1 Å². The standard InChI is InChI=1S/C13H17BrN2O3/c1-8(2)11(12(17)18)16-13(19)15-7-9-3-5-10(14)6-4-9/h3-6,8,11H,7H2,1-2H3,(H,17,18)(H2,15,16,19)/t11-/m1/s1. The number of carbonyl (C=O) groups excluding carboxylic acids is 1. The lowest BCUT2D eigenvalue weighted by atomic mass is 10.1. The van der Waals surface area contributed by atoms with Gasteiger partial charge in [0.25, 0.3) is 0 Å². The molecule has 0 heterocycles. The highest BCUT2D eigenvalue weighted by Crippen LogP contribution is 2.10. The number of carbonyl (C=O) groups is 2. The first-order valence-electron chi connectivity index (χ1n) is 5.91. The summed E-state index contributed by atoms with van der Waals surface area (Å²) in [5.74, 6) is -1.20. The van der Waals surface area contributed by atoms with Crippen LogP contribution in [0.4, 0.5) is 4.79 Å². The van der Waals surface area contributed by atoms with Gasteiger partial charge in [-0.2, -0.15) is 0 Å². The molecule has 0 aromatic heterocycles. The molecule has 2 amide bonds. The SMILES string of the molecule is CC(C)[C@@H](NC(=O)NCc1ccc(Br)cc1)C(=O)O. The molecule has 1 aromatic carbocycles. The molecule has 0 saturated heterocycles. The van der Waals surface area contributed by atoms with Gasteiger partial charge in [0.2, 0.25) is 0 Å². The lowest BCUT2D eigenvalue weighted by molar-refractivity contribution is -0.140. The highest BCUT2D eigenvalue weighted by Gasteiger charge is 2.23. The molecule has 0 aliphatic heterocycles. The van der Waals surface area contributed by atoms with Crippen molar-refractivity contribution in [1.82, 2.24) is 10.6 Å². The fourth-order valence-corrected chi connectivity index (χ4v) is 1.75. The van der Waals surface area contributed by atoms with Crippen LogP contribution in [0.3, 0.4) is 0 Å². The van der Waals surface area contributed by atoms with Crippen LogP contribution in [0.15, 0.2) is 28.7 Å². The number of aliphatic carboxylic acids is 1. The number of halogens is 1. The van der Waals surface area contributed by atoms with Crippen LogP contribution in [0, 0.1) is 5.92 Å². The summed E-state index contributed by atoms with van der Waals surface area (Å²) in [6.07, 6.45) is 0. The van der Waals surface area contributed by atoms with Crippen LogP contribution in [0.5, 0.6) is 0 Å². The second-order valence-electron chi connectivity index (χ2n) is 4.51. The van der Waals surface area contributed by atoms with Crippen LogP contribution in [0.2, 0.25) is 0 Å². The van der Waals surface area contributed by atoms with E-state index in [1.807, 2.05) is 24.3 Å². The molecule has 104 valence electrons. The molecule has 1 aromatic rings. The Morgan fingerprint density at radius 3 is 2.32 bits per heavy atom. The van der Waals surface area contributed by atoms with Gasteiger partial charge in [0.1, 0.15) is 6.04 Å². The van der Waals surface area contributed by atoms with E-state index in [0.717, 1.165) is 10.0 Å². The molecule has 0 radical (unpaired) electrons. The van der Waals surface area contributed by atoms with Crippen molar-refractivity contribution < 1.29 is 14.7 Å². The smallest absolute Gasteiger partial charge is 0.326 e. The number of carboxylic acids is 1. The maximum atomic E-state index is 11.6. The van der Waals surface area contributed by atoms with Crippen molar-refractivity contribution in [1.29, 1.82) is 0 Å². The summed E-state index contributed by atoms with van der Waals surface area (Å²) in [6.45, 7) is 3.84. The van der Waals surface area contributed by atoms with Crippen molar-refractivity contribution in [2.45, 2.75) is 26.4 Å². The maximum Gasteiger partial charge on any atom is 0.326 e. The number of rotatable bonds is 5. The second kappa shape index (κ2) is 7.13. The van der Waals surface area contributed by atoms with E-state index in [1.165, 1.54) is 0 Å². The van der Waals surface area contributed by atoms with Gasteiger partial charge < -0.3 is 15.7 Å². The highest BCUT2D eigenvalue weighted by atomic mass is 79.9. The molecular weight excluding hydrogens is 312 g/mol. The molecule has 0 unspecified atom stereocenters. The number of hydrogen-bond acceptors (Lipinski definition) is 2. The van der Waals surface area contributed by atoms with E-state index in [2.05, 4.69) is 26.6 Å². The zero-order valence-corrected chi connectivity index (χ0v) is 12.4. The van der Waals surface area contributed by atoms with Gasteiger partial charge >= 0.3 is 12.0 Å². The number of nitrogens with one attached hydrogen (secondary N) is 2. The summed E-state index contributed by atoms with van der Waals surface area (Å²) < 4.78 is 0.964. The number of benzene rings is 1. The van der Waals surface area contributed by atoms with Crippen LogP contribution in [0.25, 0.3) is 0 Å².